The zero-order chi connectivity index (χ0) is 11.4. The van der Waals surface area contributed by atoms with Gasteiger partial charge in [-0.2, -0.15) is 0 Å². The smallest absolute Gasteiger partial charge is 0.0829 e. The van der Waals surface area contributed by atoms with E-state index in [2.05, 4.69) is 29.0 Å². The van der Waals surface area contributed by atoms with Gasteiger partial charge < -0.3 is 10.1 Å². The number of ether oxygens (including phenoxy) is 1. The maximum atomic E-state index is 5.86. The summed E-state index contributed by atoms with van der Waals surface area (Å²) in [5.74, 6) is 0. The fourth-order valence-electron chi connectivity index (χ4n) is 2.59. The number of morpholine rings is 1. The molecule has 0 aromatic carbocycles. The molecule has 2 fully saturated rings. The SMILES string of the molecule is CCN1CCOC(CN2CCNCC2C)C1. The fourth-order valence-corrected chi connectivity index (χ4v) is 2.59. The van der Waals surface area contributed by atoms with E-state index < -0.39 is 0 Å². The summed E-state index contributed by atoms with van der Waals surface area (Å²) in [7, 11) is 0. The summed E-state index contributed by atoms with van der Waals surface area (Å²) in [6.07, 6.45) is 0.411. The van der Waals surface area contributed by atoms with Gasteiger partial charge in [0.15, 0.2) is 0 Å². The topological polar surface area (TPSA) is 27.7 Å². The Bertz CT molecular complexity index is 212. The van der Waals surface area contributed by atoms with Gasteiger partial charge in [-0.3, -0.25) is 9.80 Å². The minimum absolute atomic E-state index is 0.411. The van der Waals surface area contributed by atoms with Crippen LogP contribution in [0.3, 0.4) is 0 Å². The first-order valence-corrected chi connectivity index (χ1v) is 6.58. The molecule has 0 spiro atoms. The van der Waals surface area contributed by atoms with E-state index in [1.807, 2.05) is 0 Å². The summed E-state index contributed by atoms with van der Waals surface area (Å²) in [6, 6.07) is 0.648. The van der Waals surface area contributed by atoms with Crippen LogP contribution in [0.2, 0.25) is 0 Å². The number of hydrogen-bond acceptors (Lipinski definition) is 4. The highest BCUT2D eigenvalue weighted by Gasteiger charge is 2.25. The Kier molecular flexibility index (Phi) is 4.58. The molecule has 2 rings (SSSR count). The van der Waals surface area contributed by atoms with E-state index >= 15 is 0 Å². The van der Waals surface area contributed by atoms with Crippen molar-refractivity contribution in [1.29, 1.82) is 0 Å². The normalized spacial score (nSPS) is 34.1. The van der Waals surface area contributed by atoms with Crippen molar-refractivity contribution in [2.45, 2.75) is 26.0 Å². The van der Waals surface area contributed by atoms with E-state index in [9.17, 15) is 0 Å². The van der Waals surface area contributed by atoms with Crippen LogP contribution in [0.25, 0.3) is 0 Å². The first kappa shape index (κ1) is 12.3. The van der Waals surface area contributed by atoms with Gasteiger partial charge >= 0.3 is 0 Å². The van der Waals surface area contributed by atoms with E-state index in [0.29, 0.717) is 12.1 Å². The molecule has 2 saturated heterocycles. The summed E-state index contributed by atoms with van der Waals surface area (Å²) in [5.41, 5.74) is 0. The van der Waals surface area contributed by atoms with Crippen LogP contribution in [0, 0.1) is 0 Å². The van der Waals surface area contributed by atoms with Gasteiger partial charge in [0.05, 0.1) is 12.7 Å². The van der Waals surface area contributed by atoms with E-state index in [-0.39, 0.29) is 0 Å². The molecule has 2 aliphatic heterocycles. The zero-order valence-corrected chi connectivity index (χ0v) is 10.6. The predicted molar refractivity (Wildman–Crippen MR) is 65.8 cm³/mol. The molecule has 0 bridgehead atoms. The van der Waals surface area contributed by atoms with Crippen LogP contribution < -0.4 is 5.32 Å². The number of nitrogens with zero attached hydrogens (tertiary/aromatic N) is 2. The van der Waals surface area contributed by atoms with Crippen LogP contribution in [-0.4, -0.2) is 74.4 Å². The molecule has 2 unspecified atom stereocenters. The first-order valence-electron chi connectivity index (χ1n) is 6.58. The van der Waals surface area contributed by atoms with Gasteiger partial charge in [-0.25, -0.2) is 0 Å². The average Bonchev–Trinajstić information content (AvgIpc) is 2.32. The van der Waals surface area contributed by atoms with E-state index in [0.717, 1.165) is 52.4 Å². The Morgan fingerprint density at radius 1 is 1.38 bits per heavy atom. The molecule has 2 atom stereocenters. The molecule has 1 N–H and O–H groups in total. The Balaban J connectivity index is 1.79. The van der Waals surface area contributed by atoms with Crippen LogP contribution in [0.15, 0.2) is 0 Å². The Morgan fingerprint density at radius 2 is 2.25 bits per heavy atom. The number of rotatable bonds is 3. The number of likely N-dealkylation sites (N-methyl/N-ethyl adjacent to an activating group) is 1. The predicted octanol–water partition coefficient (Wildman–Crippen LogP) is 0.000800. The highest BCUT2D eigenvalue weighted by molar-refractivity contribution is 4.81. The monoisotopic (exact) mass is 227 g/mol. The number of nitrogens with one attached hydrogen (secondary N) is 1. The minimum Gasteiger partial charge on any atom is -0.374 e. The van der Waals surface area contributed by atoms with Gasteiger partial charge in [0.25, 0.3) is 0 Å². The third kappa shape index (κ3) is 3.17. The van der Waals surface area contributed by atoms with Gasteiger partial charge in [-0.1, -0.05) is 6.92 Å². The largest absolute Gasteiger partial charge is 0.374 e. The van der Waals surface area contributed by atoms with E-state index in [4.69, 9.17) is 4.74 Å². The Labute approximate surface area is 98.9 Å². The second-order valence-corrected chi connectivity index (χ2v) is 4.93. The molecular weight excluding hydrogens is 202 g/mol. The Morgan fingerprint density at radius 3 is 3.00 bits per heavy atom. The van der Waals surface area contributed by atoms with Gasteiger partial charge in [-0.05, 0) is 13.5 Å². The molecule has 2 aliphatic rings. The van der Waals surface area contributed by atoms with Crippen molar-refractivity contribution in [1.82, 2.24) is 15.1 Å². The first-order chi connectivity index (χ1) is 7.79. The van der Waals surface area contributed by atoms with Gasteiger partial charge in [0.2, 0.25) is 0 Å². The molecule has 4 nitrogen and oxygen atoms in total. The highest BCUT2D eigenvalue weighted by Crippen LogP contribution is 2.10. The van der Waals surface area contributed by atoms with Gasteiger partial charge in [0.1, 0.15) is 0 Å². The summed E-state index contributed by atoms with van der Waals surface area (Å²) in [4.78, 5) is 5.04. The summed E-state index contributed by atoms with van der Waals surface area (Å²) in [6.45, 7) is 13.3. The molecule has 94 valence electrons. The van der Waals surface area contributed by atoms with Crippen molar-refractivity contribution in [2.24, 2.45) is 0 Å². The van der Waals surface area contributed by atoms with Crippen LogP contribution in [-0.2, 0) is 4.74 Å². The summed E-state index contributed by atoms with van der Waals surface area (Å²) in [5, 5.41) is 3.43. The second kappa shape index (κ2) is 5.96. The molecule has 0 amide bonds. The molecule has 4 heteroatoms. The third-order valence-electron chi connectivity index (χ3n) is 3.75. The third-order valence-corrected chi connectivity index (χ3v) is 3.75. The molecule has 0 radical (unpaired) electrons. The van der Waals surface area contributed by atoms with Crippen LogP contribution in [0.1, 0.15) is 13.8 Å². The van der Waals surface area contributed by atoms with E-state index in [1.165, 1.54) is 0 Å². The maximum absolute atomic E-state index is 5.86. The molecule has 0 aromatic rings. The van der Waals surface area contributed by atoms with Crippen LogP contribution >= 0.6 is 0 Å². The van der Waals surface area contributed by atoms with Crippen molar-refractivity contribution < 1.29 is 4.74 Å². The second-order valence-electron chi connectivity index (χ2n) is 4.93. The molecule has 2 heterocycles. The van der Waals surface area contributed by atoms with Gasteiger partial charge in [-0.15, -0.1) is 0 Å². The standard InChI is InChI=1S/C12H25N3O/c1-3-14-6-7-16-12(9-14)10-15-5-4-13-8-11(15)2/h11-13H,3-10H2,1-2H3. The van der Waals surface area contributed by atoms with Crippen molar-refractivity contribution in [2.75, 3.05) is 52.4 Å². The minimum atomic E-state index is 0.411. The molecule has 0 aromatic heterocycles. The van der Waals surface area contributed by atoms with Crippen molar-refractivity contribution in [3.8, 4) is 0 Å². The number of hydrogen-bond donors (Lipinski definition) is 1. The molecular formula is C12H25N3O. The molecule has 0 saturated carbocycles. The molecule has 16 heavy (non-hydrogen) atoms. The molecule has 0 aliphatic carbocycles. The van der Waals surface area contributed by atoms with Crippen LogP contribution in [0.5, 0.6) is 0 Å². The Hall–Kier alpha value is -0.160. The lowest BCUT2D eigenvalue weighted by atomic mass is 10.1. The summed E-state index contributed by atoms with van der Waals surface area (Å²) < 4.78 is 5.86. The van der Waals surface area contributed by atoms with Crippen molar-refractivity contribution in [3.63, 3.8) is 0 Å². The lowest BCUT2D eigenvalue weighted by Crippen LogP contribution is -2.55. The fraction of sp³-hybridized carbons (Fsp3) is 1.00. The quantitative estimate of drug-likeness (QED) is 0.734. The average molecular weight is 227 g/mol. The zero-order valence-electron chi connectivity index (χ0n) is 10.6. The van der Waals surface area contributed by atoms with Gasteiger partial charge in [0, 0.05) is 45.3 Å². The van der Waals surface area contributed by atoms with Crippen LogP contribution in [0.4, 0.5) is 0 Å². The highest BCUT2D eigenvalue weighted by atomic mass is 16.5. The van der Waals surface area contributed by atoms with E-state index in [1.54, 1.807) is 0 Å². The number of piperazine rings is 1. The maximum Gasteiger partial charge on any atom is 0.0829 e. The summed E-state index contributed by atoms with van der Waals surface area (Å²) >= 11 is 0. The lowest BCUT2D eigenvalue weighted by molar-refractivity contribution is -0.0482. The lowest BCUT2D eigenvalue weighted by Gasteiger charge is -2.39. The van der Waals surface area contributed by atoms with Crippen molar-refractivity contribution in [3.05, 3.63) is 0 Å². The van der Waals surface area contributed by atoms with Crippen molar-refractivity contribution >= 4 is 0 Å².